The zero-order valence-corrected chi connectivity index (χ0v) is 24.5. The van der Waals surface area contributed by atoms with E-state index in [1.807, 2.05) is 32.0 Å². The van der Waals surface area contributed by atoms with Crippen LogP contribution in [-0.2, 0) is 14.3 Å². The molecule has 0 fully saturated rings. The van der Waals surface area contributed by atoms with E-state index in [0.717, 1.165) is 68.1 Å². The highest BCUT2D eigenvalue weighted by molar-refractivity contribution is 5.92. The number of rotatable bonds is 15. The van der Waals surface area contributed by atoms with E-state index < -0.39 is 23.8 Å². The fourth-order valence-corrected chi connectivity index (χ4v) is 4.14. The second kappa shape index (κ2) is 16.3. The molecule has 0 saturated carbocycles. The van der Waals surface area contributed by atoms with Crippen molar-refractivity contribution in [1.82, 2.24) is 15.5 Å². The van der Waals surface area contributed by atoms with Gasteiger partial charge in [0.1, 0.15) is 17.7 Å². The molecule has 0 heterocycles. The van der Waals surface area contributed by atoms with Crippen molar-refractivity contribution in [1.29, 1.82) is 0 Å². The van der Waals surface area contributed by atoms with Crippen LogP contribution < -0.4 is 10.6 Å². The number of aryl methyl sites for hydroxylation is 2. The Balaban J connectivity index is 3.29. The summed E-state index contributed by atoms with van der Waals surface area (Å²) in [5, 5.41) is 5.73. The van der Waals surface area contributed by atoms with Crippen LogP contribution in [0.5, 0.6) is 0 Å². The van der Waals surface area contributed by atoms with Gasteiger partial charge in [-0.25, -0.2) is 4.79 Å². The summed E-state index contributed by atoms with van der Waals surface area (Å²) in [7, 11) is 0. The Morgan fingerprint density at radius 3 is 2.14 bits per heavy atom. The highest BCUT2D eigenvalue weighted by Crippen LogP contribution is 2.26. The largest absolute Gasteiger partial charge is 0.444 e. The highest BCUT2D eigenvalue weighted by atomic mass is 16.6. The normalized spacial score (nSPS) is 13.0. The molecule has 0 aliphatic rings. The third-order valence-corrected chi connectivity index (χ3v) is 6.38. The maximum Gasteiger partial charge on any atom is 0.408 e. The molecule has 7 heteroatoms. The van der Waals surface area contributed by atoms with E-state index in [1.54, 1.807) is 32.6 Å². The van der Waals surface area contributed by atoms with Crippen molar-refractivity contribution >= 4 is 17.9 Å². The van der Waals surface area contributed by atoms with E-state index in [2.05, 4.69) is 24.5 Å². The number of nitrogens with zero attached hydrogens (tertiary/aromatic N) is 1. The number of hydrogen-bond donors (Lipinski definition) is 2. The first-order chi connectivity index (χ1) is 17.4. The number of carbonyl (C=O) groups excluding carboxylic acids is 3. The monoisotopic (exact) mass is 517 g/mol. The molecule has 2 atom stereocenters. The summed E-state index contributed by atoms with van der Waals surface area (Å²) in [5.74, 6) is -0.487. The SMILES string of the molecule is CCCCCCCN(C(=O)C(C)NC(=O)OC(C)(C)C)C(C(=O)NCCCCC)c1ccc(C)c(C)c1. The Labute approximate surface area is 225 Å². The van der Waals surface area contributed by atoms with Crippen LogP contribution in [0, 0.1) is 13.8 Å². The molecule has 0 saturated heterocycles. The molecule has 2 N–H and O–H groups in total. The van der Waals surface area contributed by atoms with E-state index in [1.165, 1.54) is 0 Å². The lowest BCUT2D eigenvalue weighted by molar-refractivity contribution is -0.142. The molecule has 2 unspecified atom stereocenters. The van der Waals surface area contributed by atoms with Gasteiger partial charge >= 0.3 is 6.09 Å². The van der Waals surface area contributed by atoms with Gasteiger partial charge in [0.25, 0.3) is 0 Å². The van der Waals surface area contributed by atoms with Gasteiger partial charge in [0.05, 0.1) is 0 Å². The Morgan fingerprint density at radius 1 is 0.919 bits per heavy atom. The van der Waals surface area contributed by atoms with Crippen molar-refractivity contribution in [3.63, 3.8) is 0 Å². The fourth-order valence-electron chi connectivity index (χ4n) is 4.14. The van der Waals surface area contributed by atoms with Crippen LogP contribution in [0.1, 0.15) is 116 Å². The topological polar surface area (TPSA) is 87.7 Å². The predicted octanol–water partition coefficient (Wildman–Crippen LogP) is 6.36. The molecule has 1 aromatic carbocycles. The third-order valence-electron chi connectivity index (χ3n) is 6.38. The standard InChI is InChI=1S/C30H51N3O4/c1-9-11-13-14-16-20-33(28(35)24(5)32-29(36)37-30(6,7)8)26(27(34)31-19-15-12-10-2)25-18-17-22(3)23(4)21-25/h17-18,21,24,26H,9-16,19-20H2,1-8H3,(H,31,34)(H,32,36). The van der Waals surface area contributed by atoms with Gasteiger partial charge < -0.3 is 20.3 Å². The lowest BCUT2D eigenvalue weighted by Crippen LogP contribution is -2.52. The van der Waals surface area contributed by atoms with Crippen molar-refractivity contribution in [2.45, 2.75) is 124 Å². The molecule has 210 valence electrons. The molecule has 0 aliphatic heterocycles. The first kappa shape index (κ1) is 32.5. The zero-order valence-electron chi connectivity index (χ0n) is 24.5. The Kier molecular flexibility index (Phi) is 14.3. The zero-order chi connectivity index (χ0) is 28.0. The minimum Gasteiger partial charge on any atom is -0.444 e. The molecule has 3 amide bonds. The quantitative estimate of drug-likeness (QED) is 0.265. The number of carbonyl (C=O) groups is 3. The molecule has 37 heavy (non-hydrogen) atoms. The second-order valence-electron chi connectivity index (χ2n) is 11.1. The molecule has 0 aromatic heterocycles. The number of benzene rings is 1. The summed E-state index contributed by atoms with van der Waals surface area (Å²) >= 11 is 0. The van der Waals surface area contributed by atoms with Gasteiger partial charge in [-0.1, -0.05) is 70.6 Å². The molecular weight excluding hydrogens is 466 g/mol. The third kappa shape index (κ3) is 12.0. The van der Waals surface area contributed by atoms with Crippen LogP contribution >= 0.6 is 0 Å². The van der Waals surface area contributed by atoms with Crippen LogP contribution in [0.3, 0.4) is 0 Å². The first-order valence-corrected chi connectivity index (χ1v) is 14.1. The van der Waals surface area contributed by atoms with Crippen LogP contribution in [0.25, 0.3) is 0 Å². The number of hydrogen-bond acceptors (Lipinski definition) is 4. The van der Waals surface area contributed by atoms with Crippen LogP contribution in [0.4, 0.5) is 4.79 Å². The van der Waals surface area contributed by atoms with Gasteiger partial charge in [-0.05, 0) is 71.1 Å². The summed E-state index contributed by atoms with van der Waals surface area (Å²) in [6, 6.07) is 4.31. The highest BCUT2D eigenvalue weighted by Gasteiger charge is 2.34. The van der Waals surface area contributed by atoms with Crippen LogP contribution in [0.15, 0.2) is 18.2 Å². The first-order valence-electron chi connectivity index (χ1n) is 14.1. The minimum absolute atomic E-state index is 0.189. The number of alkyl carbamates (subject to hydrolysis) is 1. The van der Waals surface area contributed by atoms with Gasteiger partial charge in [0, 0.05) is 13.1 Å². The van der Waals surface area contributed by atoms with E-state index >= 15 is 0 Å². The Morgan fingerprint density at radius 2 is 1.54 bits per heavy atom. The maximum atomic E-state index is 13.8. The summed E-state index contributed by atoms with van der Waals surface area (Å²) in [6.45, 7) is 16.3. The van der Waals surface area contributed by atoms with E-state index in [-0.39, 0.29) is 11.8 Å². The lowest BCUT2D eigenvalue weighted by Gasteiger charge is -2.34. The molecule has 0 spiro atoms. The van der Waals surface area contributed by atoms with E-state index in [9.17, 15) is 14.4 Å². The van der Waals surface area contributed by atoms with Gasteiger partial charge in [0.15, 0.2) is 0 Å². The Bertz CT molecular complexity index is 863. The number of amides is 3. The minimum atomic E-state index is -0.840. The molecule has 7 nitrogen and oxygen atoms in total. The molecule has 0 radical (unpaired) electrons. The molecule has 1 aromatic rings. The average Bonchev–Trinajstić information content (AvgIpc) is 2.81. The second-order valence-corrected chi connectivity index (χ2v) is 11.1. The van der Waals surface area contributed by atoms with Gasteiger partial charge in [-0.15, -0.1) is 0 Å². The summed E-state index contributed by atoms with van der Waals surface area (Å²) < 4.78 is 5.36. The van der Waals surface area contributed by atoms with Crippen molar-refractivity contribution in [2.75, 3.05) is 13.1 Å². The lowest BCUT2D eigenvalue weighted by atomic mass is 9.98. The molecule has 0 aliphatic carbocycles. The van der Waals surface area contributed by atoms with Crippen molar-refractivity contribution in [3.8, 4) is 0 Å². The Hall–Kier alpha value is -2.57. The van der Waals surface area contributed by atoms with Crippen molar-refractivity contribution in [3.05, 3.63) is 34.9 Å². The van der Waals surface area contributed by atoms with Gasteiger partial charge in [0.2, 0.25) is 11.8 Å². The van der Waals surface area contributed by atoms with Crippen LogP contribution in [0.2, 0.25) is 0 Å². The predicted molar refractivity (Wildman–Crippen MR) is 150 cm³/mol. The maximum absolute atomic E-state index is 13.8. The van der Waals surface area contributed by atoms with Gasteiger partial charge in [-0.2, -0.15) is 0 Å². The molecule has 1 rings (SSSR count). The number of unbranched alkanes of at least 4 members (excludes halogenated alkanes) is 6. The average molecular weight is 518 g/mol. The fraction of sp³-hybridized carbons (Fsp3) is 0.700. The van der Waals surface area contributed by atoms with E-state index in [4.69, 9.17) is 4.74 Å². The summed E-state index contributed by atoms with van der Waals surface area (Å²) in [4.78, 5) is 41.4. The summed E-state index contributed by atoms with van der Waals surface area (Å²) in [5.41, 5.74) is 2.30. The van der Waals surface area contributed by atoms with E-state index in [0.29, 0.717) is 13.1 Å². The summed E-state index contributed by atoms with van der Waals surface area (Å²) in [6.07, 6.45) is 7.46. The number of nitrogens with one attached hydrogen (secondary N) is 2. The van der Waals surface area contributed by atoms with Crippen LogP contribution in [-0.4, -0.2) is 47.5 Å². The van der Waals surface area contributed by atoms with Crippen molar-refractivity contribution < 1.29 is 19.1 Å². The van der Waals surface area contributed by atoms with Gasteiger partial charge in [-0.3, -0.25) is 9.59 Å². The number of ether oxygens (including phenoxy) is 1. The van der Waals surface area contributed by atoms with Crippen molar-refractivity contribution in [2.24, 2.45) is 0 Å². The smallest absolute Gasteiger partial charge is 0.408 e. The molecule has 0 bridgehead atoms. The molecular formula is C30H51N3O4.